The molecule has 1 aliphatic heterocycles. The molecule has 1 aliphatic rings. The van der Waals surface area contributed by atoms with Crippen molar-refractivity contribution in [2.24, 2.45) is 0 Å². The van der Waals surface area contributed by atoms with Crippen molar-refractivity contribution >= 4 is 28.4 Å². The minimum Gasteiger partial charge on any atom is -0.497 e. The Morgan fingerprint density at radius 2 is 1.79 bits per heavy atom. The third-order valence-electron chi connectivity index (χ3n) is 6.55. The van der Waals surface area contributed by atoms with Crippen LogP contribution in [0.3, 0.4) is 0 Å². The monoisotopic (exact) mass is 471 g/mol. The number of carbonyl (C=O) groups is 1. The van der Waals surface area contributed by atoms with E-state index < -0.39 is 0 Å². The smallest absolute Gasteiger partial charge is 0.256 e. The first-order valence-electron chi connectivity index (χ1n) is 11.5. The summed E-state index contributed by atoms with van der Waals surface area (Å²) >= 11 is 5.95. The predicted octanol–water partition coefficient (Wildman–Crippen LogP) is 4.73. The number of methoxy groups -OCH3 is 1. The molecule has 0 spiro atoms. The number of aryl methyl sites for hydroxylation is 1. The second-order valence-electron chi connectivity index (χ2n) is 8.55. The van der Waals surface area contributed by atoms with Crippen LogP contribution in [-0.2, 0) is 13.0 Å². The lowest BCUT2D eigenvalue weighted by Gasteiger charge is -2.35. The molecule has 5 nitrogen and oxygen atoms in total. The molecule has 0 saturated carbocycles. The van der Waals surface area contributed by atoms with E-state index in [0.29, 0.717) is 19.0 Å². The number of aromatic nitrogens is 1. The number of halogens is 2. The molecule has 0 aliphatic carbocycles. The van der Waals surface area contributed by atoms with Crippen LogP contribution < -0.4 is 4.74 Å². The zero-order valence-electron chi connectivity index (χ0n) is 19.3. The van der Waals surface area contributed by atoms with Gasteiger partial charge in [0.15, 0.2) is 0 Å². The molecule has 176 valence electrons. The number of piperazine rings is 1. The molecule has 1 saturated heterocycles. The predicted molar refractivity (Wildman–Crippen MR) is 131 cm³/mol. The zero-order valence-corrected chi connectivity index (χ0v) is 20.1. The van der Waals surface area contributed by atoms with Gasteiger partial charge < -0.3 is 14.2 Å². The fraction of sp³-hybridized carbons (Fsp3) is 0.423. The summed E-state index contributed by atoms with van der Waals surface area (Å²) in [5.41, 5.74) is 3.91. The van der Waals surface area contributed by atoms with Crippen molar-refractivity contribution in [2.45, 2.75) is 26.3 Å². The lowest BCUT2D eigenvalue weighted by atomic mass is 10.1. The van der Waals surface area contributed by atoms with E-state index in [1.807, 2.05) is 42.2 Å². The Morgan fingerprint density at radius 3 is 2.45 bits per heavy atom. The van der Waals surface area contributed by atoms with Gasteiger partial charge in [0, 0.05) is 61.7 Å². The molecule has 0 unspecified atom stereocenters. The molecule has 4 rings (SSSR count). The maximum Gasteiger partial charge on any atom is 0.256 e. The quantitative estimate of drug-likeness (QED) is 0.446. The van der Waals surface area contributed by atoms with E-state index in [2.05, 4.69) is 9.47 Å². The summed E-state index contributed by atoms with van der Waals surface area (Å²) in [6, 6.07) is 12.6. The normalized spacial score (nSPS) is 14.7. The molecule has 0 atom stereocenters. The Balaban J connectivity index is 1.47. The highest BCUT2D eigenvalue weighted by Gasteiger charge is 2.27. The van der Waals surface area contributed by atoms with E-state index >= 15 is 0 Å². The molecule has 1 fully saturated rings. The summed E-state index contributed by atoms with van der Waals surface area (Å²) < 4.78 is 20.7. The molecular weight excluding hydrogens is 441 g/mol. The highest BCUT2D eigenvalue weighted by atomic mass is 35.5. The average Bonchev–Trinajstić information content (AvgIpc) is 3.12. The van der Waals surface area contributed by atoms with Crippen LogP contribution >= 0.6 is 11.6 Å². The van der Waals surface area contributed by atoms with Crippen molar-refractivity contribution in [2.75, 3.05) is 45.7 Å². The van der Waals surface area contributed by atoms with Crippen molar-refractivity contribution in [3.8, 4) is 5.75 Å². The molecule has 0 N–H and O–H groups in total. The van der Waals surface area contributed by atoms with Gasteiger partial charge in [-0.15, -0.1) is 11.6 Å². The Labute approximate surface area is 199 Å². The summed E-state index contributed by atoms with van der Waals surface area (Å²) in [5, 5.41) is 0.935. The number of hydrogen-bond donors (Lipinski definition) is 0. The van der Waals surface area contributed by atoms with Gasteiger partial charge in [0.05, 0.1) is 12.7 Å². The molecule has 7 heteroatoms. The summed E-state index contributed by atoms with van der Waals surface area (Å²) in [7, 11) is 1.64. The highest BCUT2D eigenvalue weighted by molar-refractivity contribution is 6.17. The van der Waals surface area contributed by atoms with Crippen LogP contribution in [0.4, 0.5) is 4.39 Å². The maximum atomic E-state index is 13.6. The van der Waals surface area contributed by atoms with Crippen molar-refractivity contribution in [1.82, 2.24) is 14.4 Å². The number of benzene rings is 2. The first-order chi connectivity index (χ1) is 16.0. The number of hydrogen-bond acceptors (Lipinski definition) is 3. The molecular formula is C26H31ClFN3O2. The van der Waals surface area contributed by atoms with Crippen LogP contribution in [0.15, 0.2) is 42.5 Å². The van der Waals surface area contributed by atoms with Crippen molar-refractivity contribution < 1.29 is 13.9 Å². The first-order valence-corrected chi connectivity index (χ1v) is 12.0. The SMILES string of the molecule is COc1ccc2c(c1)c(C(=O)N1CCN(CCc3ccc(F)cc3)CC1)c(C)n2CCCCl. The van der Waals surface area contributed by atoms with Gasteiger partial charge in [-0.2, -0.15) is 0 Å². The van der Waals surface area contributed by atoms with Gasteiger partial charge >= 0.3 is 0 Å². The molecule has 2 heterocycles. The van der Waals surface area contributed by atoms with E-state index in [-0.39, 0.29) is 11.7 Å². The van der Waals surface area contributed by atoms with Crippen LogP contribution in [0.25, 0.3) is 10.9 Å². The van der Waals surface area contributed by atoms with Crippen molar-refractivity contribution in [3.05, 3.63) is 65.1 Å². The maximum absolute atomic E-state index is 13.6. The molecule has 33 heavy (non-hydrogen) atoms. The van der Waals surface area contributed by atoms with Gasteiger partial charge in [-0.1, -0.05) is 12.1 Å². The zero-order chi connectivity index (χ0) is 23.4. The Hall–Kier alpha value is -2.57. The van der Waals surface area contributed by atoms with Crippen LogP contribution in [0, 0.1) is 12.7 Å². The van der Waals surface area contributed by atoms with Crippen LogP contribution in [0.2, 0.25) is 0 Å². The fourth-order valence-corrected chi connectivity index (χ4v) is 4.75. The highest BCUT2D eigenvalue weighted by Crippen LogP contribution is 2.31. The van der Waals surface area contributed by atoms with E-state index in [0.717, 1.165) is 72.5 Å². The van der Waals surface area contributed by atoms with E-state index in [1.165, 1.54) is 12.1 Å². The first kappa shape index (κ1) is 23.6. The number of rotatable bonds is 8. The topological polar surface area (TPSA) is 37.7 Å². The summed E-state index contributed by atoms with van der Waals surface area (Å²) in [4.78, 5) is 18.0. The molecule has 0 bridgehead atoms. The Morgan fingerprint density at radius 1 is 1.06 bits per heavy atom. The fourth-order valence-electron chi connectivity index (χ4n) is 4.64. The van der Waals surface area contributed by atoms with Gasteiger partial charge in [0.25, 0.3) is 5.91 Å². The standard InChI is InChI=1S/C26H31ClFN3O2/c1-19-25(23-18-22(33-2)8-9-24(23)31(19)12-3-11-27)26(32)30-16-14-29(15-17-30)13-10-20-4-6-21(28)7-5-20/h4-9,18H,3,10-17H2,1-2H3. The van der Waals surface area contributed by atoms with E-state index in [9.17, 15) is 9.18 Å². The number of ether oxygens (including phenoxy) is 1. The van der Waals surface area contributed by atoms with Crippen LogP contribution in [0.5, 0.6) is 5.75 Å². The molecule has 3 aromatic rings. The minimum atomic E-state index is -0.206. The van der Waals surface area contributed by atoms with Gasteiger partial charge in [0.1, 0.15) is 11.6 Å². The lowest BCUT2D eigenvalue weighted by Crippen LogP contribution is -2.49. The number of nitrogens with zero attached hydrogens (tertiary/aromatic N) is 3. The number of alkyl halides is 1. The summed E-state index contributed by atoms with van der Waals surface area (Å²) in [5.74, 6) is 1.20. The Kier molecular flexibility index (Phi) is 7.56. The third kappa shape index (κ3) is 5.17. The van der Waals surface area contributed by atoms with Gasteiger partial charge in [-0.05, 0) is 55.7 Å². The van der Waals surface area contributed by atoms with E-state index in [1.54, 1.807) is 7.11 Å². The molecule has 0 radical (unpaired) electrons. The van der Waals surface area contributed by atoms with Crippen LogP contribution in [-0.4, -0.2) is 66.0 Å². The van der Waals surface area contributed by atoms with Crippen molar-refractivity contribution in [1.29, 1.82) is 0 Å². The van der Waals surface area contributed by atoms with Gasteiger partial charge in [0.2, 0.25) is 0 Å². The summed E-state index contributed by atoms with van der Waals surface area (Å²) in [6.07, 6.45) is 1.72. The largest absolute Gasteiger partial charge is 0.497 e. The molecule has 2 aromatic carbocycles. The van der Waals surface area contributed by atoms with E-state index in [4.69, 9.17) is 16.3 Å². The Bertz CT molecular complexity index is 1100. The molecule has 1 amide bonds. The van der Waals surface area contributed by atoms with Crippen molar-refractivity contribution in [3.63, 3.8) is 0 Å². The number of amides is 1. The summed E-state index contributed by atoms with van der Waals surface area (Å²) in [6.45, 7) is 6.76. The number of carbonyl (C=O) groups excluding carboxylic acids is 1. The van der Waals surface area contributed by atoms with Gasteiger partial charge in [-0.3, -0.25) is 9.69 Å². The lowest BCUT2D eigenvalue weighted by molar-refractivity contribution is 0.0639. The second kappa shape index (κ2) is 10.6. The number of fused-ring (bicyclic) bond motifs is 1. The molecule has 1 aromatic heterocycles. The minimum absolute atomic E-state index is 0.0774. The van der Waals surface area contributed by atoms with Gasteiger partial charge in [-0.25, -0.2) is 4.39 Å². The van der Waals surface area contributed by atoms with Crippen LogP contribution in [0.1, 0.15) is 28.0 Å². The second-order valence-corrected chi connectivity index (χ2v) is 8.93. The average molecular weight is 472 g/mol. The third-order valence-corrected chi connectivity index (χ3v) is 6.82.